The third-order valence-electron chi connectivity index (χ3n) is 7.03. The molecule has 40 heavy (non-hydrogen) atoms. The van der Waals surface area contributed by atoms with E-state index in [2.05, 4.69) is 18.0 Å². The first-order valence-corrected chi connectivity index (χ1v) is 15.6. The van der Waals surface area contributed by atoms with Gasteiger partial charge in [0, 0.05) is 12.7 Å². The number of aryl methyl sites for hydroxylation is 2. The van der Waals surface area contributed by atoms with Gasteiger partial charge in [-0.1, -0.05) is 101 Å². The zero-order valence-corrected chi connectivity index (χ0v) is 25.4. The maximum atomic E-state index is 13.5. The van der Waals surface area contributed by atoms with Gasteiger partial charge in [0.1, 0.15) is 21.3 Å². The highest BCUT2D eigenvalue weighted by Gasteiger charge is 2.32. The molecule has 1 saturated heterocycles. The molecule has 0 N–H and O–H groups in total. The molecule has 0 atom stereocenters. The van der Waals surface area contributed by atoms with Crippen molar-refractivity contribution in [2.24, 2.45) is 0 Å². The van der Waals surface area contributed by atoms with E-state index in [1.54, 1.807) is 29.3 Å². The molecule has 0 unspecified atom stereocenters. The number of thiocarbonyl (C=S) groups is 1. The summed E-state index contributed by atoms with van der Waals surface area (Å²) in [5, 5.41) is 0. The predicted molar refractivity (Wildman–Crippen MR) is 169 cm³/mol. The Kier molecular flexibility index (Phi) is 10.9. The van der Waals surface area contributed by atoms with Crippen molar-refractivity contribution >= 4 is 45.9 Å². The largest absolute Gasteiger partial charge is 0.438 e. The van der Waals surface area contributed by atoms with E-state index < -0.39 is 0 Å². The maximum absolute atomic E-state index is 13.5. The number of carbonyl (C=O) groups is 1. The van der Waals surface area contributed by atoms with Gasteiger partial charge in [0.2, 0.25) is 5.88 Å². The second-order valence-corrected chi connectivity index (χ2v) is 12.2. The molecule has 0 spiro atoms. The van der Waals surface area contributed by atoms with Crippen LogP contribution in [0.25, 0.3) is 11.7 Å². The van der Waals surface area contributed by atoms with Crippen molar-refractivity contribution in [3.63, 3.8) is 0 Å². The molecule has 1 aromatic carbocycles. The Hall–Kier alpha value is -2.97. The van der Waals surface area contributed by atoms with Gasteiger partial charge in [-0.25, -0.2) is 0 Å². The minimum Gasteiger partial charge on any atom is -0.438 e. The quantitative estimate of drug-likeness (QED) is 0.109. The van der Waals surface area contributed by atoms with Crippen molar-refractivity contribution in [1.82, 2.24) is 14.3 Å². The lowest BCUT2D eigenvalue weighted by molar-refractivity contribution is -0.122. The first-order valence-electron chi connectivity index (χ1n) is 14.4. The molecule has 0 aliphatic carbocycles. The van der Waals surface area contributed by atoms with E-state index in [4.69, 9.17) is 17.0 Å². The fraction of sp³-hybridized carbons (Fsp3) is 0.438. The number of unbranched alkanes of at least 4 members (excludes halogenated alkanes) is 9. The van der Waals surface area contributed by atoms with E-state index in [1.165, 1.54) is 67.5 Å². The number of thioether (sulfide) groups is 1. The molecule has 2 aromatic heterocycles. The summed E-state index contributed by atoms with van der Waals surface area (Å²) >= 11 is 6.78. The molecular weight excluding hydrogens is 539 g/mol. The average molecular weight is 578 g/mol. The van der Waals surface area contributed by atoms with Crippen LogP contribution in [0.4, 0.5) is 0 Å². The zero-order valence-electron chi connectivity index (χ0n) is 23.8. The van der Waals surface area contributed by atoms with Crippen LogP contribution in [0.3, 0.4) is 0 Å². The van der Waals surface area contributed by atoms with Gasteiger partial charge in [0.05, 0.1) is 4.91 Å². The number of hydrogen-bond donors (Lipinski definition) is 0. The van der Waals surface area contributed by atoms with Gasteiger partial charge in [-0.2, -0.15) is 4.98 Å². The lowest BCUT2D eigenvalue weighted by Gasteiger charge is -2.14. The van der Waals surface area contributed by atoms with Crippen LogP contribution in [0.2, 0.25) is 0 Å². The number of ether oxygens (including phenoxy) is 1. The zero-order chi connectivity index (χ0) is 28.5. The van der Waals surface area contributed by atoms with Gasteiger partial charge in [-0.05, 0) is 61.7 Å². The number of pyridine rings is 1. The topological polar surface area (TPSA) is 63.9 Å². The van der Waals surface area contributed by atoms with Gasteiger partial charge in [-0.3, -0.25) is 18.9 Å². The van der Waals surface area contributed by atoms with Crippen molar-refractivity contribution in [3.05, 3.63) is 74.5 Å². The lowest BCUT2D eigenvalue weighted by Crippen LogP contribution is -2.29. The third-order valence-corrected chi connectivity index (χ3v) is 8.41. The molecule has 3 heterocycles. The monoisotopic (exact) mass is 577 g/mol. The second-order valence-electron chi connectivity index (χ2n) is 10.5. The number of amides is 1. The first-order chi connectivity index (χ1) is 19.4. The molecule has 6 nitrogen and oxygen atoms in total. The van der Waals surface area contributed by atoms with Crippen molar-refractivity contribution in [2.75, 3.05) is 6.54 Å². The normalized spacial score (nSPS) is 14.6. The van der Waals surface area contributed by atoms with Crippen LogP contribution in [-0.4, -0.2) is 31.1 Å². The highest BCUT2D eigenvalue weighted by molar-refractivity contribution is 8.26. The lowest BCUT2D eigenvalue weighted by atomic mass is 10.1. The van der Waals surface area contributed by atoms with Gasteiger partial charge in [-0.15, -0.1) is 0 Å². The van der Waals surface area contributed by atoms with Crippen molar-refractivity contribution in [2.45, 2.75) is 85.0 Å². The Morgan fingerprint density at radius 3 is 2.25 bits per heavy atom. The average Bonchev–Trinajstić information content (AvgIpc) is 3.18. The minimum atomic E-state index is -0.301. The van der Waals surface area contributed by atoms with Gasteiger partial charge >= 0.3 is 0 Å². The molecule has 3 aromatic rings. The van der Waals surface area contributed by atoms with Gasteiger partial charge < -0.3 is 4.74 Å². The van der Waals surface area contributed by atoms with Crippen LogP contribution in [-0.2, 0) is 4.79 Å². The fourth-order valence-electron chi connectivity index (χ4n) is 4.97. The van der Waals surface area contributed by atoms with Crippen LogP contribution in [0, 0.1) is 13.8 Å². The molecule has 0 bridgehead atoms. The van der Waals surface area contributed by atoms with Gasteiger partial charge in [0.25, 0.3) is 11.5 Å². The Balaban J connectivity index is 1.46. The summed E-state index contributed by atoms with van der Waals surface area (Å²) in [6.45, 7) is 6.82. The summed E-state index contributed by atoms with van der Waals surface area (Å²) in [4.78, 5) is 33.6. The van der Waals surface area contributed by atoms with Crippen LogP contribution in [0.1, 0.15) is 87.8 Å². The Morgan fingerprint density at radius 1 is 0.925 bits per heavy atom. The molecule has 0 radical (unpaired) electrons. The fourth-order valence-corrected chi connectivity index (χ4v) is 6.26. The Labute approximate surface area is 246 Å². The molecule has 1 aliphatic rings. The number of hydrogen-bond acceptors (Lipinski definition) is 6. The number of rotatable bonds is 14. The summed E-state index contributed by atoms with van der Waals surface area (Å²) in [5.74, 6) is 0.592. The number of nitrogens with zero attached hydrogens (tertiary/aromatic N) is 3. The second kappa shape index (κ2) is 14.6. The maximum Gasteiger partial charge on any atom is 0.269 e. The summed E-state index contributed by atoms with van der Waals surface area (Å²) in [7, 11) is 0. The van der Waals surface area contributed by atoms with Crippen LogP contribution < -0.4 is 10.3 Å². The van der Waals surface area contributed by atoms with E-state index >= 15 is 0 Å². The first kappa shape index (κ1) is 30.0. The predicted octanol–water partition coefficient (Wildman–Crippen LogP) is 8.23. The Bertz CT molecular complexity index is 1430. The molecular formula is C32H39N3O3S2. The van der Waals surface area contributed by atoms with Crippen molar-refractivity contribution in [3.8, 4) is 11.6 Å². The highest BCUT2D eigenvalue weighted by atomic mass is 32.2. The molecule has 1 amide bonds. The number of carbonyl (C=O) groups excluding carboxylic acids is 1. The number of fused-ring (bicyclic) bond motifs is 1. The molecule has 8 heteroatoms. The van der Waals surface area contributed by atoms with E-state index in [9.17, 15) is 9.59 Å². The third kappa shape index (κ3) is 7.82. The molecule has 1 fully saturated rings. The SMILES string of the molecule is CCCCCCCCCCCCN1C(=O)/C(=C\c2c(Oc3cc(C)cc(C)c3)nc3ccccn3c2=O)SC1=S. The highest BCUT2D eigenvalue weighted by Crippen LogP contribution is 2.34. The molecule has 0 saturated carbocycles. The van der Waals surface area contributed by atoms with E-state index in [0.717, 1.165) is 24.0 Å². The summed E-state index contributed by atoms with van der Waals surface area (Å²) in [6.07, 6.45) is 15.6. The Morgan fingerprint density at radius 2 is 1.57 bits per heavy atom. The van der Waals surface area contributed by atoms with E-state index in [0.29, 0.717) is 27.2 Å². The van der Waals surface area contributed by atoms with E-state index in [1.807, 2.05) is 32.0 Å². The van der Waals surface area contributed by atoms with Crippen LogP contribution in [0.15, 0.2) is 52.3 Å². The smallest absolute Gasteiger partial charge is 0.269 e. The van der Waals surface area contributed by atoms with E-state index in [-0.39, 0.29) is 22.9 Å². The van der Waals surface area contributed by atoms with Crippen LogP contribution >= 0.6 is 24.0 Å². The molecule has 4 rings (SSSR count). The standard InChI is InChI=1S/C32H39N3O3S2/c1-4-5-6-7-8-9-10-11-12-14-18-35-31(37)27(40-32(35)39)22-26-29(38-25-20-23(2)19-24(3)21-25)33-28-16-13-15-17-34(28)30(26)36/h13,15-17,19-22H,4-12,14,18H2,1-3H3/b27-22+. The summed E-state index contributed by atoms with van der Waals surface area (Å²) in [6, 6.07) is 11.2. The van der Waals surface area contributed by atoms with Crippen molar-refractivity contribution < 1.29 is 9.53 Å². The molecule has 212 valence electrons. The number of benzene rings is 1. The summed E-state index contributed by atoms with van der Waals surface area (Å²) in [5.41, 5.74) is 2.48. The van der Waals surface area contributed by atoms with Crippen LogP contribution in [0.5, 0.6) is 11.6 Å². The number of aromatic nitrogens is 2. The van der Waals surface area contributed by atoms with Crippen molar-refractivity contribution in [1.29, 1.82) is 0 Å². The minimum absolute atomic E-state index is 0.166. The summed E-state index contributed by atoms with van der Waals surface area (Å²) < 4.78 is 8.15. The van der Waals surface area contributed by atoms with Gasteiger partial charge in [0.15, 0.2) is 0 Å². The molecule has 1 aliphatic heterocycles.